The van der Waals surface area contributed by atoms with Gasteiger partial charge in [-0.2, -0.15) is 4.31 Å². The summed E-state index contributed by atoms with van der Waals surface area (Å²) in [7, 11) is -3.34. The van der Waals surface area contributed by atoms with Gasteiger partial charge in [-0.3, -0.25) is 4.98 Å². The van der Waals surface area contributed by atoms with Crippen molar-refractivity contribution < 1.29 is 8.42 Å². The zero-order chi connectivity index (χ0) is 16.8. The first-order chi connectivity index (χ1) is 11.7. The third-order valence-corrected chi connectivity index (χ3v) is 6.35. The molecule has 1 aliphatic heterocycles. The van der Waals surface area contributed by atoms with Gasteiger partial charge in [0.05, 0.1) is 4.90 Å². The Kier molecular flexibility index (Phi) is 5.60. The highest BCUT2D eigenvalue weighted by molar-refractivity contribution is 7.89. The molecular formula is C18H23N3O2S. The van der Waals surface area contributed by atoms with E-state index in [4.69, 9.17) is 0 Å². The Morgan fingerprint density at radius 3 is 2.50 bits per heavy atom. The van der Waals surface area contributed by atoms with Crippen molar-refractivity contribution in [3.63, 3.8) is 0 Å². The van der Waals surface area contributed by atoms with E-state index in [0.717, 1.165) is 25.9 Å². The fraction of sp³-hybridized carbons (Fsp3) is 0.389. The molecule has 1 aliphatic rings. The molecule has 24 heavy (non-hydrogen) atoms. The molecule has 128 valence electrons. The molecule has 2 aromatic rings. The van der Waals surface area contributed by atoms with Crippen LogP contribution < -0.4 is 5.32 Å². The van der Waals surface area contributed by atoms with Crippen LogP contribution >= 0.6 is 0 Å². The van der Waals surface area contributed by atoms with Crippen molar-refractivity contribution in [2.45, 2.75) is 24.3 Å². The van der Waals surface area contributed by atoms with E-state index < -0.39 is 10.0 Å². The molecule has 1 aromatic heterocycles. The minimum absolute atomic E-state index is 0.387. The Bertz CT molecular complexity index is 727. The van der Waals surface area contributed by atoms with Crippen molar-refractivity contribution in [1.29, 1.82) is 0 Å². The predicted octanol–water partition coefficient (Wildman–Crippen LogP) is 2.27. The monoisotopic (exact) mass is 345 g/mol. The van der Waals surface area contributed by atoms with Crippen LogP contribution in [0.15, 0.2) is 59.8 Å². The van der Waals surface area contributed by atoms with Crippen molar-refractivity contribution in [2.24, 2.45) is 5.92 Å². The number of rotatable bonds is 6. The zero-order valence-corrected chi connectivity index (χ0v) is 14.5. The van der Waals surface area contributed by atoms with Gasteiger partial charge in [0.1, 0.15) is 0 Å². The minimum atomic E-state index is -3.34. The van der Waals surface area contributed by atoms with Gasteiger partial charge < -0.3 is 5.32 Å². The Labute approximate surface area is 143 Å². The Hall–Kier alpha value is -1.76. The molecule has 0 amide bonds. The van der Waals surface area contributed by atoms with Crippen molar-refractivity contribution >= 4 is 10.0 Å². The summed E-state index contributed by atoms with van der Waals surface area (Å²) in [5.74, 6) is 0.517. The number of benzene rings is 1. The highest BCUT2D eigenvalue weighted by Gasteiger charge is 2.28. The molecule has 1 saturated heterocycles. The van der Waals surface area contributed by atoms with E-state index in [1.54, 1.807) is 34.8 Å². The number of piperidine rings is 1. The molecule has 0 aliphatic carbocycles. The SMILES string of the molecule is O=S(=O)(c1ccccc1)N1CCC(CNCc2cccnc2)CC1. The number of aromatic nitrogens is 1. The van der Waals surface area contributed by atoms with Crippen molar-refractivity contribution in [2.75, 3.05) is 19.6 Å². The highest BCUT2D eigenvalue weighted by Crippen LogP contribution is 2.23. The predicted molar refractivity (Wildman–Crippen MR) is 93.9 cm³/mol. The molecule has 0 unspecified atom stereocenters. The van der Waals surface area contributed by atoms with E-state index in [2.05, 4.69) is 16.4 Å². The van der Waals surface area contributed by atoms with Gasteiger partial charge in [0.2, 0.25) is 10.0 Å². The average molecular weight is 345 g/mol. The smallest absolute Gasteiger partial charge is 0.243 e. The summed E-state index contributed by atoms with van der Waals surface area (Å²) < 4.78 is 26.8. The van der Waals surface area contributed by atoms with Crippen LogP contribution in [0.3, 0.4) is 0 Å². The van der Waals surface area contributed by atoms with E-state index in [-0.39, 0.29) is 0 Å². The number of hydrogen-bond donors (Lipinski definition) is 1. The largest absolute Gasteiger partial charge is 0.312 e. The molecule has 2 heterocycles. The van der Waals surface area contributed by atoms with E-state index >= 15 is 0 Å². The van der Waals surface area contributed by atoms with Crippen LogP contribution in [0, 0.1) is 5.92 Å². The molecule has 0 spiro atoms. The first kappa shape index (κ1) is 17.1. The van der Waals surface area contributed by atoms with Crippen LogP contribution in [0.1, 0.15) is 18.4 Å². The first-order valence-corrected chi connectivity index (χ1v) is 9.75. The summed E-state index contributed by atoms with van der Waals surface area (Å²) in [6.07, 6.45) is 5.42. The number of nitrogens with one attached hydrogen (secondary N) is 1. The summed E-state index contributed by atoms with van der Waals surface area (Å²) in [6, 6.07) is 12.7. The Balaban J connectivity index is 1.47. The lowest BCUT2D eigenvalue weighted by atomic mass is 9.98. The molecule has 5 nitrogen and oxygen atoms in total. The van der Waals surface area contributed by atoms with Gasteiger partial charge in [0.25, 0.3) is 0 Å². The highest BCUT2D eigenvalue weighted by atomic mass is 32.2. The molecule has 0 atom stereocenters. The van der Waals surface area contributed by atoms with Crippen LogP contribution in [0.5, 0.6) is 0 Å². The van der Waals surface area contributed by atoms with Gasteiger partial charge >= 0.3 is 0 Å². The maximum atomic E-state index is 12.6. The van der Waals surface area contributed by atoms with Gasteiger partial charge in [-0.1, -0.05) is 24.3 Å². The normalized spacial score (nSPS) is 17.0. The van der Waals surface area contributed by atoms with Crippen LogP contribution in [-0.2, 0) is 16.6 Å². The Morgan fingerprint density at radius 1 is 1.08 bits per heavy atom. The average Bonchev–Trinajstić information content (AvgIpc) is 2.64. The number of pyridine rings is 1. The molecule has 1 fully saturated rings. The minimum Gasteiger partial charge on any atom is -0.312 e. The van der Waals surface area contributed by atoms with Crippen molar-refractivity contribution in [3.8, 4) is 0 Å². The van der Waals surface area contributed by atoms with E-state index in [1.165, 1.54) is 5.56 Å². The van der Waals surface area contributed by atoms with Crippen LogP contribution in [0.4, 0.5) is 0 Å². The Morgan fingerprint density at radius 2 is 1.83 bits per heavy atom. The first-order valence-electron chi connectivity index (χ1n) is 8.31. The third-order valence-electron chi connectivity index (χ3n) is 4.44. The molecule has 0 bridgehead atoms. The maximum absolute atomic E-state index is 12.6. The lowest BCUT2D eigenvalue weighted by Gasteiger charge is -2.31. The second kappa shape index (κ2) is 7.88. The number of sulfonamides is 1. The summed E-state index contributed by atoms with van der Waals surface area (Å²) in [5.41, 5.74) is 1.17. The molecule has 1 aromatic carbocycles. The zero-order valence-electron chi connectivity index (χ0n) is 13.6. The molecule has 3 rings (SSSR count). The van der Waals surface area contributed by atoms with Crippen LogP contribution in [0.25, 0.3) is 0 Å². The molecule has 0 radical (unpaired) electrons. The van der Waals surface area contributed by atoms with Crippen molar-refractivity contribution in [3.05, 3.63) is 60.4 Å². The van der Waals surface area contributed by atoms with Crippen LogP contribution in [0.2, 0.25) is 0 Å². The second-order valence-electron chi connectivity index (χ2n) is 6.15. The lowest BCUT2D eigenvalue weighted by Crippen LogP contribution is -2.40. The lowest BCUT2D eigenvalue weighted by molar-refractivity contribution is 0.267. The topological polar surface area (TPSA) is 62.3 Å². The van der Waals surface area contributed by atoms with E-state index in [9.17, 15) is 8.42 Å². The number of hydrogen-bond acceptors (Lipinski definition) is 4. The summed E-state index contributed by atoms with van der Waals surface area (Å²) in [6.45, 7) is 2.90. The van der Waals surface area contributed by atoms with Gasteiger partial charge in [-0.05, 0) is 49.1 Å². The van der Waals surface area contributed by atoms with Gasteiger partial charge in [0, 0.05) is 32.0 Å². The summed E-state index contributed by atoms with van der Waals surface area (Å²) in [4.78, 5) is 4.49. The van der Waals surface area contributed by atoms with E-state index in [1.807, 2.05) is 18.3 Å². The van der Waals surface area contributed by atoms with Crippen molar-refractivity contribution in [1.82, 2.24) is 14.6 Å². The fourth-order valence-electron chi connectivity index (χ4n) is 3.02. The third kappa shape index (κ3) is 4.20. The van der Waals surface area contributed by atoms with Gasteiger partial charge in [-0.15, -0.1) is 0 Å². The molecule has 6 heteroatoms. The summed E-state index contributed by atoms with van der Waals surface area (Å²) in [5, 5.41) is 3.45. The number of nitrogens with zero attached hydrogens (tertiary/aromatic N) is 2. The molecular weight excluding hydrogens is 322 g/mol. The van der Waals surface area contributed by atoms with Gasteiger partial charge in [-0.25, -0.2) is 8.42 Å². The maximum Gasteiger partial charge on any atom is 0.243 e. The van der Waals surface area contributed by atoms with Gasteiger partial charge in [0.15, 0.2) is 0 Å². The summed E-state index contributed by atoms with van der Waals surface area (Å²) >= 11 is 0. The fourth-order valence-corrected chi connectivity index (χ4v) is 4.51. The van der Waals surface area contributed by atoms with Crippen LogP contribution in [-0.4, -0.2) is 37.3 Å². The van der Waals surface area contributed by atoms with E-state index in [0.29, 0.717) is 23.9 Å². The standard InChI is InChI=1S/C18H23N3O2S/c22-24(23,18-6-2-1-3-7-18)21-11-8-16(9-12-21)13-20-15-17-5-4-10-19-14-17/h1-7,10,14,16,20H,8-9,11-13,15H2. The quantitative estimate of drug-likeness (QED) is 0.872. The molecule has 0 saturated carbocycles. The second-order valence-corrected chi connectivity index (χ2v) is 8.09. The molecule has 1 N–H and O–H groups in total.